The minimum atomic E-state index is -0.0778. The van der Waals surface area contributed by atoms with Crippen LogP contribution in [0, 0.1) is 5.92 Å². The highest BCUT2D eigenvalue weighted by atomic mass is 32.1. The summed E-state index contributed by atoms with van der Waals surface area (Å²) < 4.78 is 1.28. The van der Waals surface area contributed by atoms with Gasteiger partial charge in [0.2, 0.25) is 0 Å². The molecule has 1 saturated heterocycles. The summed E-state index contributed by atoms with van der Waals surface area (Å²) in [6, 6.07) is 8.95. The Balaban J connectivity index is 1.52. The molecule has 0 radical (unpaired) electrons. The van der Waals surface area contributed by atoms with Crippen molar-refractivity contribution < 1.29 is 5.11 Å². The summed E-state index contributed by atoms with van der Waals surface area (Å²) in [7, 11) is 0. The summed E-state index contributed by atoms with van der Waals surface area (Å²) in [4.78, 5) is 7.34. The maximum Gasteiger partial charge on any atom is 0.108 e. The SMILES string of the molecule is OC1CCCC1C1CCCN1Cc1nc2ccccc2s1. The van der Waals surface area contributed by atoms with E-state index < -0.39 is 0 Å². The van der Waals surface area contributed by atoms with Crippen LogP contribution in [0.1, 0.15) is 37.1 Å². The normalized spacial score (nSPS) is 30.4. The second kappa shape index (κ2) is 5.67. The van der Waals surface area contributed by atoms with Crippen molar-refractivity contribution in [3.63, 3.8) is 0 Å². The fraction of sp³-hybridized carbons (Fsp3) is 0.588. The van der Waals surface area contributed by atoms with E-state index in [9.17, 15) is 5.11 Å². The first-order valence-electron chi connectivity index (χ1n) is 8.08. The molecule has 21 heavy (non-hydrogen) atoms. The van der Waals surface area contributed by atoms with Crippen molar-refractivity contribution >= 4 is 21.6 Å². The Bertz CT molecular complexity index is 593. The standard InChI is InChI=1S/C17H22N2OS/c20-15-8-3-5-12(15)14-7-4-10-19(14)11-17-18-13-6-1-2-9-16(13)21-17/h1-2,6,9,12,14-15,20H,3-5,7-8,10-11H2. The van der Waals surface area contributed by atoms with Crippen LogP contribution in [0.4, 0.5) is 0 Å². The minimum Gasteiger partial charge on any atom is -0.393 e. The van der Waals surface area contributed by atoms with E-state index in [0.29, 0.717) is 12.0 Å². The van der Waals surface area contributed by atoms with Crippen molar-refractivity contribution in [2.24, 2.45) is 5.92 Å². The molecule has 1 aromatic heterocycles. The molecule has 2 aromatic rings. The molecular formula is C17H22N2OS. The number of aliphatic hydroxyl groups excluding tert-OH is 1. The third-order valence-corrected chi connectivity index (χ3v) is 6.14. The molecule has 3 atom stereocenters. The van der Waals surface area contributed by atoms with Gasteiger partial charge >= 0.3 is 0 Å². The summed E-state index contributed by atoms with van der Waals surface area (Å²) in [5.74, 6) is 0.488. The van der Waals surface area contributed by atoms with Gasteiger partial charge in [0.25, 0.3) is 0 Å². The van der Waals surface area contributed by atoms with E-state index >= 15 is 0 Å². The van der Waals surface area contributed by atoms with E-state index in [1.165, 1.54) is 35.4 Å². The molecule has 2 heterocycles. The monoisotopic (exact) mass is 302 g/mol. The van der Waals surface area contributed by atoms with Crippen molar-refractivity contribution in [2.75, 3.05) is 6.54 Å². The van der Waals surface area contributed by atoms with Gasteiger partial charge in [0.05, 0.1) is 22.9 Å². The lowest BCUT2D eigenvalue weighted by Crippen LogP contribution is -2.38. The van der Waals surface area contributed by atoms with Gasteiger partial charge in [-0.15, -0.1) is 11.3 Å². The number of benzene rings is 1. The second-order valence-electron chi connectivity index (χ2n) is 6.42. The van der Waals surface area contributed by atoms with Crippen LogP contribution < -0.4 is 0 Å². The molecule has 0 spiro atoms. The van der Waals surface area contributed by atoms with Gasteiger partial charge in [-0.25, -0.2) is 4.98 Å². The molecule has 1 saturated carbocycles. The van der Waals surface area contributed by atoms with E-state index in [1.54, 1.807) is 0 Å². The first-order valence-corrected chi connectivity index (χ1v) is 8.89. The molecule has 2 aliphatic rings. The summed E-state index contributed by atoms with van der Waals surface area (Å²) >= 11 is 1.81. The third-order valence-electron chi connectivity index (χ3n) is 5.12. The van der Waals surface area contributed by atoms with Crippen molar-refractivity contribution in [1.82, 2.24) is 9.88 Å². The van der Waals surface area contributed by atoms with Gasteiger partial charge in [0, 0.05) is 12.0 Å². The molecule has 2 fully saturated rings. The van der Waals surface area contributed by atoms with Crippen LogP contribution in [-0.2, 0) is 6.54 Å². The van der Waals surface area contributed by atoms with Crippen LogP contribution in [0.3, 0.4) is 0 Å². The van der Waals surface area contributed by atoms with Crippen LogP contribution in [0.15, 0.2) is 24.3 Å². The van der Waals surface area contributed by atoms with E-state index in [0.717, 1.165) is 25.0 Å². The average molecular weight is 302 g/mol. The molecule has 112 valence electrons. The third kappa shape index (κ3) is 2.60. The van der Waals surface area contributed by atoms with E-state index in [4.69, 9.17) is 4.98 Å². The van der Waals surface area contributed by atoms with Gasteiger partial charge in [-0.05, 0) is 44.4 Å². The smallest absolute Gasteiger partial charge is 0.108 e. The van der Waals surface area contributed by atoms with Crippen molar-refractivity contribution in [1.29, 1.82) is 0 Å². The van der Waals surface area contributed by atoms with Crippen LogP contribution in [0.2, 0.25) is 0 Å². The molecule has 4 heteroatoms. The Labute approximate surface area is 129 Å². The average Bonchev–Trinajstić information content (AvgIpc) is 3.17. The summed E-state index contributed by atoms with van der Waals surface area (Å²) in [6.07, 6.45) is 5.81. The molecule has 0 amide bonds. The zero-order valence-electron chi connectivity index (χ0n) is 12.2. The molecule has 3 nitrogen and oxygen atoms in total. The number of aliphatic hydroxyl groups is 1. The number of rotatable bonds is 3. The summed E-state index contributed by atoms with van der Waals surface area (Å²) in [5.41, 5.74) is 1.12. The van der Waals surface area contributed by atoms with Crippen molar-refractivity contribution in [3.8, 4) is 0 Å². The number of thiazole rings is 1. The fourth-order valence-electron chi connectivity index (χ4n) is 4.11. The predicted octanol–water partition coefficient (Wildman–Crippen LogP) is 3.42. The van der Waals surface area contributed by atoms with Crippen LogP contribution >= 0.6 is 11.3 Å². The molecular weight excluding hydrogens is 280 g/mol. The predicted molar refractivity (Wildman–Crippen MR) is 86.4 cm³/mol. The van der Waals surface area contributed by atoms with Crippen molar-refractivity contribution in [3.05, 3.63) is 29.3 Å². The Kier molecular flexibility index (Phi) is 3.69. The van der Waals surface area contributed by atoms with Gasteiger partial charge < -0.3 is 5.11 Å². The van der Waals surface area contributed by atoms with Gasteiger partial charge in [0.15, 0.2) is 0 Å². The molecule has 1 N–H and O–H groups in total. The molecule has 0 bridgehead atoms. The number of hydrogen-bond donors (Lipinski definition) is 1. The second-order valence-corrected chi connectivity index (χ2v) is 7.53. The number of hydrogen-bond acceptors (Lipinski definition) is 4. The largest absolute Gasteiger partial charge is 0.393 e. The van der Waals surface area contributed by atoms with Gasteiger partial charge in [0.1, 0.15) is 5.01 Å². The number of nitrogens with zero attached hydrogens (tertiary/aromatic N) is 2. The molecule has 1 aliphatic carbocycles. The Hall–Kier alpha value is -0.970. The maximum atomic E-state index is 10.2. The quantitative estimate of drug-likeness (QED) is 0.944. The highest BCUT2D eigenvalue weighted by Crippen LogP contribution is 2.37. The van der Waals surface area contributed by atoms with Crippen LogP contribution in [0.5, 0.6) is 0 Å². The molecule has 1 aromatic carbocycles. The summed E-state index contributed by atoms with van der Waals surface area (Å²) in [6.45, 7) is 2.11. The number of para-hydroxylation sites is 1. The summed E-state index contributed by atoms with van der Waals surface area (Å²) in [5, 5.41) is 11.4. The highest BCUT2D eigenvalue weighted by Gasteiger charge is 2.38. The molecule has 3 unspecified atom stereocenters. The molecule has 1 aliphatic heterocycles. The van der Waals surface area contributed by atoms with Crippen LogP contribution in [0.25, 0.3) is 10.2 Å². The maximum absolute atomic E-state index is 10.2. The highest BCUT2D eigenvalue weighted by molar-refractivity contribution is 7.18. The zero-order valence-corrected chi connectivity index (χ0v) is 13.1. The van der Waals surface area contributed by atoms with Crippen LogP contribution in [-0.4, -0.2) is 33.7 Å². The first-order chi connectivity index (χ1) is 10.3. The lowest BCUT2D eigenvalue weighted by Gasteiger charge is -2.30. The van der Waals surface area contributed by atoms with Gasteiger partial charge in [-0.2, -0.15) is 0 Å². The Morgan fingerprint density at radius 3 is 2.90 bits per heavy atom. The number of aromatic nitrogens is 1. The Morgan fingerprint density at radius 1 is 1.19 bits per heavy atom. The van der Waals surface area contributed by atoms with E-state index in [2.05, 4.69) is 29.2 Å². The van der Waals surface area contributed by atoms with Gasteiger partial charge in [-0.3, -0.25) is 4.90 Å². The minimum absolute atomic E-state index is 0.0778. The Morgan fingerprint density at radius 2 is 2.10 bits per heavy atom. The molecule has 4 rings (SSSR count). The topological polar surface area (TPSA) is 36.4 Å². The van der Waals surface area contributed by atoms with Gasteiger partial charge in [-0.1, -0.05) is 18.6 Å². The lowest BCUT2D eigenvalue weighted by molar-refractivity contribution is 0.0718. The number of fused-ring (bicyclic) bond motifs is 1. The first kappa shape index (κ1) is 13.7. The lowest BCUT2D eigenvalue weighted by atomic mass is 9.94. The van der Waals surface area contributed by atoms with E-state index in [-0.39, 0.29) is 6.10 Å². The zero-order chi connectivity index (χ0) is 14.2. The van der Waals surface area contributed by atoms with E-state index in [1.807, 2.05) is 11.3 Å². The fourth-order valence-corrected chi connectivity index (χ4v) is 5.11. The van der Waals surface area contributed by atoms with Crippen molar-refractivity contribution in [2.45, 2.75) is 50.8 Å². The number of likely N-dealkylation sites (tertiary alicyclic amines) is 1.